The third kappa shape index (κ3) is 8.41. The molecule has 0 aromatic carbocycles. The molecule has 1 aromatic rings. The van der Waals surface area contributed by atoms with Gasteiger partial charge in [0.05, 0.1) is 12.1 Å². The number of aromatic nitrogens is 2. The third-order valence-electron chi connectivity index (χ3n) is 8.82. The van der Waals surface area contributed by atoms with Crippen LogP contribution in [-0.4, -0.2) is 85.8 Å². The largest absolute Gasteiger partial charge is 0.475 e. The molecule has 0 spiro atoms. The fraction of sp³-hybridized carbons (Fsp3) is 0.667. The molecule has 2 fully saturated rings. The summed E-state index contributed by atoms with van der Waals surface area (Å²) in [4.78, 5) is 63.9. The Hall–Kier alpha value is -3.32. The van der Waals surface area contributed by atoms with E-state index in [0.29, 0.717) is 6.42 Å². The zero-order chi connectivity index (χ0) is 31.7. The molecule has 5 N–H and O–H groups in total. The van der Waals surface area contributed by atoms with Crippen molar-refractivity contribution in [2.45, 2.75) is 103 Å². The van der Waals surface area contributed by atoms with Gasteiger partial charge in [0.25, 0.3) is 5.91 Å². The van der Waals surface area contributed by atoms with E-state index in [-0.39, 0.29) is 48.7 Å². The van der Waals surface area contributed by atoms with E-state index in [4.69, 9.17) is 0 Å². The molecule has 4 atom stereocenters. The maximum Gasteiger partial charge on any atom is 0.475 e. The van der Waals surface area contributed by atoms with Crippen molar-refractivity contribution in [2.75, 3.05) is 6.54 Å². The summed E-state index contributed by atoms with van der Waals surface area (Å²) in [5, 5.41) is 28.1. The lowest BCUT2D eigenvalue weighted by Gasteiger charge is -2.37. The minimum absolute atomic E-state index is 0.0713. The van der Waals surface area contributed by atoms with Crippen LogP contribution in [0.25, 0.3) is 0 Å². The van der Waals surface area contributed by atoms with Crippen LogP contribution in [0, 0.1) is 17.8 Å². The fourth-order valence-corrected chi connectivity index (χ4v) is 6.15. The molecule has 43 heavy (non-hydrogen) atoms. The monoisotopic (exact) mass is 598 g/mol. The highest BCUT2D eigenvalue weighted by atomic mass is 16.4. The molecule has 1 aromatic heterocycles. The predicted octanol–water partition coefficient (Wildman–Crippen LogP) is 1.39. The van der Waals surface area contributed by atoms with Gasteiger partial charge in [-0.15, -0.1) is 6.58 Å². The number of hydrogen-bond donors (Lipinski definition) is 5. The number of carbonyl (C=O) groups excluding carboxylic acids is 4. The van der Waals surface area contributed by atoms with Crippen LogP contribution in [-0.2, 0) is 14.4 Å². The molecule has 0 bridgehead atoms. The Balaban J connectivity index is 1.85. The lowest BCUT2D eigenvalue weighted by molar-refractivity contribution is -0.145. The van der Waals surface area contributed by atoms with E-state index in [1.165, 1.54) is 24.7 Å². The van der Waals surface area contributed by atoms with Gasteiger partial charge in [-0.2, -0.15) is 0 Å². The average Bonchev–Trinajstić information content (AvgIpc) is 3.31. The van der Waals surface area contributed by atoms with Gasteiger partial charge < -0.3 is 30.9 Å². The summed E-state index contributed by atoms with van der Waals surface area (Å²) in [5.74, 6) is -3.20. The van der Waals surface area contributed by atoms with Crippen LogP contribution < -0.4 is 16.0 Å². The van der Waals surface area contributed by atoms with Crippen LogP contribution in [0.2, 0.25) is 0 Å². The van der Waals surface area contributed by atoms with E-state index >= 15 is 0 Å². The molecule has 1 saturated carbocycles. The van der Waals surface area contributed by atoms with E-state index in [2.05, 4.69) is 32.5 Å². The number of carbonyl (C=O) groups is 4. The van der Waals surface area contributed by atoms with Crippen LogP contribution in [0.4, 0.5) is 0 Å². The van der Waals surface area contributed by atoms with E-state index in [0.717, 1.165) is 32.1 Å². The molecule has 1 aliphatic carbocycles. The molecule has 2 heterocycles. The average molecular weight is 599 g/mol. The van der Waals surface area contributed by atoms with Gasteiger partial charge in [0, 0.05) is 18.9 Å². The summed E-state index contributed by atoms with van der Waals surface area (Å²) >= 11 is 0. The topological polar surface area (TPSA) is 174 Å². The van der Waals surface area contributed by atoms with Gasteiger partial charge >= 0.3 is 7.12 Å². The van der Waals surface area contributed by atoms with Gasteiger partial charge in [0.15, 0.2) is 0 Å². The van der Waals surface area contributed by atoms with Gasteiger partial charge in [-0.3, -0.25) is 24.2 Å². The van der Waals surface area contributed by atoms with Crippen molar-refractivity contribution < 1.29 is 29.2 Å². The van der Waals surface area contributed by atoms with Crippen molar-refractivity contribution in [2.24, 2.45) is 17.8 Å². The van der Waals surface area contributed by atoms with Crippen molar-refractivity contribution in [1.82, 2.24) is 30.8 Å². The van der Waals surface area contributed by atoms with E-state index in [9.17, 15) is 29.2 Å². The summed E-state index contributed by atoms with van der Waals surface area (Å²) in [7, 11) is -1.79. The Morgan fingerprint density at radius 3 is 2.37 bits per heavy atom. The molecule has 0 radical (unpaired) electrons. The smallest absolute Gasteiger partial charge is 0.426 e. The summed E-state index contributed by atoms with van der Waals surface area (Å²) in [6.07, 6.45) is 11.7. The zero-order valence-electron chi connectivity index (χ0n) is 25.8. The normalized spacial score (nSPS) is 21.3. The molecule has 2 aliphatic rings. The maximum atomic E-state index is 14.3. The highest BCUT2D eigenvalue weighted by Crippen LogP contribution is 2.35. The fourth-order valence-electron chi connectivity index (χ4n) is 6.15. The Bertz CT molecular complexity index is 1130. The molecule has 1 aliphatic heterocycles. The number of amides is 4. The minimum Gasteiger partial charge on any atom is -0.426 e. The molecular formula is C30H47BN6O6. The molecule has 12 nitrogen and oxygen atoms in total. The Morgan fingerprint density at radius 1 is 1.12 bits per heavy atom. The Morgan fingerprint density at radius 2 is 1.81 bits per heavy atom. The Kier molecular flexibility index (Phi) is 12.3. The van der Waals surface area contributed by atoms with Crippen molar-refractivity contribution in [1.29, 1.82) is 0 Å². The molecule has 1 saturated heterocycles. The first-order valence-corrected chi connectivity index (χ1v) is 15.4. The highest BCUT2D eigenvalue weighted by Gasteiger charge is 2.53. The molecule has 3 rings (SSSR count). The van der Waals surface area contributed by atoms with Gasteiger partial charge in [0.2, 0.25) is 17.7 Å². The number of likely N-dealkylation sites (tertiary alicyclic amines) is 1. The van der Waals surface area contributed by atoms with Gasteiger partial charge in [-0.05, 0) is 37.0 Å². The standard InChI is InChI=1S/C30H47BN6O6/c1-6-10-24(31(42)43)34-27(39)23(17-21-11-8-7-9-12-21)37-16-13-30(20(4)5,29(37)41)36-28(40)25(19(2)3)35-26(38)22-18-32-14-15-33-22/h6,14-15,18-21,23-25,42-43H,1,7-13,16-17H2,2-5H3,(H,34,39)(H,35,38)(H,36,40)/t23-,24?,25?,30?/m0/s1. The van der Waals surface area contributed by atoms with E-state index in [1.807, 2.05) is 13.8 Å². The summed E-state index contributed by atoms with van der Waals surface area (Å²) in [6, 6.07) is -1.78. The quantitative estimate of drug-likeness (QED) is 0.158. The molecule has 3 unspecified atom stereocenters. The van der Waals surface area contributed by atoms with Gasteiger partial charge in [-0.1, -0.05) is 65.9 Å². The first kappa shape index (κ1) is 34.2. The van der Waals surface area contributed by atoms with Crippen LogP contribution in [0.3, 0.4) is 0 Å². The summed E-state index contributed by atoms with van der Waals surface area (Å²) < 4.78 is 0. The number of nitrogens with zero attached hydrogens (tertiary/aromatic N) is 3. The highest BCUT2D eigenvalue weighted by molar-refractivity contribution is 6.43. The van der Waals surface area contributed by atoms with Crippen LogP contribution >= 0.6 is 0 Å². The first-order chi connectivity index (χ1) is 20.4. The first-order valence-electron chi connectivity index (χ1n) is 15.4. The van der Waals surface area contributed by atoms with Crippen LogP contribution in [0.1, 0.15) is 89.5 Å². The van der Waals surface area contributed by atoms with Gasteiger partial charge in [-0.25, -0.2) is 4.98 Å². The lowest BCUT2D eigenvalue weighted by atomic mass is 9.77. The molecule has 236 valence electrons. The van der Waals surface area contributed by atoms with Crippen LogP contribution in [0.5, 0.6) is 0 Å². The van der Waals surface area contributed by atoms with Crippen molar-refractivity contribution in [3.63, 3.8) is 0 Å². The number of rotatable bonds is 14. The lowest BCUT2D eigenvalue weighted by Crippen LogP contribution is -2.63. The summed E-state index contributed by atoms with van der Waals surface area (Å²) in [5.41, 5.74) is -1.22. The van der Waals surface area contributed by atoms with E-state index < -0.39 is 48.4 Å². The van der Waals surface area contributed by atoms with E-state index in [1.54, 1.807) is 18.7 Å². The van der Waals surface area contributed by atoms with Crippen LogP contribution in [0.15, 0.2) is 31.2 Å². The van der Waals surface area contributed by atoms with Crippen molar-refractivity contribution in [3.05, 3.63) is 36.9 Å². The van der Waals surface area contributed by atoms with Crippen molar-refractivity contribution >= 4 is 30.7 Å². The SMILES string of the molecule is C=CCC(NC(=O)[C@H](CC1CCCCC1)N1CCC(NC(=O)C(NC(=O)c2cnccn2)C(C)C)(C(C)C)C1=O)B(O)O. The molecule has 13 heteroatoms. The second-order valence-electron chi connectivity index (χ2n) is 12.5. The second-order valence-corrected chi connectivity index (χ2v) is 12.5. The Labute approximate surface area is 254 Å². The zero-order valence-corrected chi connectivity index (χ0v) is 25.8. The predicted molar refractivity (Wildman–Crippen MR) is 162 cm³/mol. The number of hydrogen-bond acceptors (Lipinski definition) is 8. The van der Waals surface area contributed by atoms with Crippen molar-refractivity contribution in [3.8, 4) is 0 Å². The third-order valence-corrected chi connectivity index (χ3v) is 8.82. The summed E-state index contributed by atoms with van der Waals surface area (Å²) in [6.45, 7) is 11.2. The van der Waals surface area contributed by atoms with Gasteiger partial charge in [0.1, 0.15) is 23.3 Å². The maximum absolute atomic E-state index is 14.3. The minimum atomic E-state index is -1.79. The number of nitrogens with one attached hydrogen (secondary N) is 3. The second kappa shape index (κ2) is 15.4. The molecular weight excluding hydrogens is 551 g/mol. The molecule has 4 amide bonds.